The average Bonchev–Trinajstić information content (AvgIpc) is 3.02. The van der Waals surface area contributed by atoms with E-state index in [0.717, 1.165) is 6.42 Å². The van der Waals surface area contributed by atoms with Crippen LogP contribution in [0.15, 0.2) is 0 Å². The van der Waals surface area contributed by atoms with Gasteiger partial charge in [-0.25, -0.2) is 4.79 Å². The number of carbonyl (C=O) groups is 3. The molecule has 0 bridgehead atoms. The summed E-state index contributed by atoms with van der Waals surface area (Å²) in [6.45, 7) is 3.08. The molecule has 3 fully saturated rings. The Morgan fingerprint density at radius 1 is 1.37 bits per heavy atom. The molecule has 2 atom stereocenters. The molecule has 0 aromatic rings. The van der Waals surface area contributed by atoms with Crippen molar-refractivity contribution in [2.45, 2.75) is 37.3 Å². The third-order valence-corrected chi connectivity index (χ3v) is 4.24. The van der Waals surface area contributed by atoms with Crippen LogP contribution in [0, 0.1) is 0 Å². The second-order valence-corrected chi connectivity index (χ2v) is 5.65. The Labute approximate surface area is 110 Å². The molecule has 19 heavy (non-hydrogen) atoms. The fourth-order valence-electron chi connectivity index (χ4n) is 3.08. The molecule has 3 aliphatic heterocycles. The molecule has 4 amide bonds. The summed E-state index contributed by atoms with van der Waals surface area (Å²) in [6.07, 6.45) is 2.03. The van der Waals surface area contributed by atoms with Crippen molar-refractivity contribution < 1.29 is 19.1 Å². The number of ether oxygens (including phenoxy) is 1. The normalized spacial score (nSPS) is 37.8. The summed E-state index contributed by atoms with van der Waals surface area (Å²) < 4.78 is 5.53. The average molecular weight is 267 g/mol. The smallest absolute Gasteiger partial charge is 0.322 e. The van der Waals surface area contributed by atoms with Gasteiger partial charge in [0.05, 0.1) is 6.54 Å². The van der Waals surface area contributed by atoms with E-state index in [0.29, 0.717) is 26.0 Å². The molecule has 3 rings (SSSR count). The van der Waals surface area contributed by atoms with Crippen molar-refractivity contribution in [2.24, 2.45) is 0 Å². The van der Waals surface area contributed by atoms with Gasteiger partial charge in [0.2, 0.25) is 0 Å². The zero-order valence-electron chi connectivity index (χ0n) is 10.8. The van der Waals surface area contributed by atoms with Gasteiger partial charge in [-0.15, -0.1) is 0 Å². The van der Waals surface area contributed by atoms with Crippen LogP contribution in [0.5, 0.6) is 0 Å². The second kappa shape index (κ2) is 3.93. The quantitative estimate of drug-likeness (QED) is 0.619. The summed E-state index contributed by atoms with van der Waals surface area (Å²) in [5, 5.41) is 4.86. The zero-order valence-corrected chi connectivity index (χ0v) is 10.8. The summed E-state index contributed by atoms with van der Waals surface area (Å²) in [4.78, 5) is 37.1. The van der Waals surface area contributed by atoms with E-state index in [1.165, 1.54) is 0 Å². The standard InChI is InChI=1S/C12H17N3O4/c1-11(3-2-6-19-11)9(17)15-5-4-12(7-15)8(16)13-10(18)14-12/h2-7H2,1H3,(H2,13,14,16,18). The van der Waals surface area contributed by atoms with Crippen LogP contribution in [0.1, 0.15) is 26.2 Å². The van der Waals surface area contributed by atoms with Crippen molar-refractivity contribution in [3.63, 3.8) is 0 Å². The van der Waals surface area contributed by atoms with E-state index < -0.39 is 17.2 Å². The maximum atomic E-state index is 12.5. The first-order chi connectivity index (χ1) is 8.95. The molecule has 0 radical (unpaired) electrons. The van der Waals surface area contributed by atoms with Crippen LogP contribution in [-0.2, 0) is 14.3 Å². The Balaban J connectivity index is 1.74. The van der Waals surface area contributed by atoms with Crippen molar-refractivity contribution in [1.29, 1.82) is 0 Å². The largest absolute Gasteiger partial charge is 0.365 e. The summed E-state index contributed by atoms with van der Waals surface area (Å²) >= 11 is 0. The molecule has 0 aromatic heterocycles. The van der Waals surface area contributed by atoms with E-state index in [-0.39, 0.29) is 18.4 Å². The Morgan fingerprint density at radius 2 is 2.16 bits per heavy atom. The van der Waals surface area contributed by atoms with Crippen molar-refractivity contribution in [3.05, 3.63) is 0 Å². The number of likely N-dealkylation sites (tertiary alicyclic amines) is 1. The Morgan fingerprint density at radius 3 is 2.74 bits per heavy atom. The van der Waals surface area contributed by atoms with Crippen LogP contribution in [0.4, 0.5) is 4.79 Å². The van der Waals surface area contributed by atoms with Crippen LogP contribution < -0.4 is 10.6 Å². The van der Waals surface area contributed by atoms with Crippen molar-refractivity contribution in [2.75, 3.05) is 19.7 Å². The molecule has 2 N–H and O–H groups in total. The third-order valence-electron chi connectivity index (χ3n) is 4.24. The lowest BCUT2D eigenvalue weighted by molar-refractivity contribution is -0.150. The van der Waals surface area contributed by atoms with Gasteiger partial charge in [-0.05, 0) is 26.2 Å². The highest BCUT2D eigenvalue weighted by Crippen LogP contribution is 2.31. The lowest BCUT2D eigenvalue weighted by Gasteiger charge is -2.29. The molecule has 0 saturated carbocycles. The van der Waals surface area contributed by atoms with Crippen molar-refractivity contribution in [3.8, 4) is 0 Å². The van der Waals surface area contributed by atoms with Crippen LogP contribution in [0.3, 0.4) is 0 Å². The molecule has 0 aliphatic carbocycles. The maximum Gasteiger partial charge on any atom is 0.322 e. The highest BCUT2D eigenvalue weighted by Gasteiger charge is 2.53. The van der Waals surface area contributed by atoms with Gasteiger partial charge in [0.1, 0.15) is 11.1 Å². The minimum Gasteiger partial charge on any atom is -0.365 e. The molecule has 7 heteroatoms. The van der Waals surface area contributed by atoms with Crippen LogP contribution in [-0.4, -0.2) is 53.6 Å². The SMILES string of the molecule is CC1(C(=O)N2CCC3(C2)NC(=O)NC3=O)CCCO1. The first-order valence-corrected chi connectivity index (χ1v) is 6.52. The number of hydrogen-bond donors (Lipinski definition) is 2. The highest BCUT2D eigenvalue weighted by atomic mass is 16.5. The number of carbonyl (C=O) groups excluding carboxylic acids is 3. The number of hydrogen-bond acceptors (Lipinski definition) is 4. The molecule has 0 aromatic carbocycles. The number of urea groups is 1. The van der Waals surface area contributed by atoms with Gasteiger partial charge in [0, 0.05) is 13.2 Å². The number of nitrogens with zero attached hydrogens (tertiary/aromatic N) is 1. The highest BCUT2D eigenvalue weighted by molar-refractivity contribution is 6.07. The number of nitrogens with one attached hydrogen (secondary N) is 2. The van der Waals surface area contributed by atoms with Gasteiger partial charge in [-0.2, -0.15) is 0 Å². The van der Waals surface area contributed by atoms with E-state index in [2.05, 4.69) is 10.6 Å². The maximum absolute atomic E-state index is 12.5. The Bertz CT molecular complexity index is 458. The second-order valence-electron chi connectivity index (χ2n) is 5.65. The van der Waals surface area contributed by atoms with Gasteiger partial charge < -0.3 is 15.0 Å². The monoisotopic (exact) mass is 267 g/mol. The fourth-order valence-corrected chi connectivity index (χ4v) is 3.08. The predicted octanol–water partition coefficient (Wildman–Crippen LogP) is -0.634. The third kappa shape index (κ3) is 1.80. The van der Waals surface area contributed by atoms with Gasteiger partial charge in [0.25, 0.3) is 11.8 Å². The van der Waals surface area contributed by atoms with Gasteiger partial charge in [-0.3, -0.25) is 14.9 Å². The molecule has 3 saturated heterocycles. The van der Waals surface area contributed by atoms with Crippen LogP contribution in [0.2, 0.25) is 0 Å². The fraction of sp³-hybridized carbons (Fsp3) is 0.750. The summed E-state index contributed by atoms with van der Waals surface area (Å²) in [7, 11) is 0. The first kappa shape index (κ1) is 12.4. The molecule has 2 unspecified atom stereocenters. The molecule has 7 nitrogen and oxygen atoms in total. The topological polar surface area (TPSA) is 87.7 Å². The number of rotatable bonds is 1. The molecular formula is C12H17N3O4. The molecule has 104 valence electrons. The van der Waals surface area contributed by atoms with Gasteiger partial charge in [-0.1, -0.05) is 0 Å². The van der Waals surface area contributed by atoms with E-state index >= 15 is 0 Å². The lowest BCUT2D eigenvalue weighted by Crippen LogP contribution is -2.52. The van der Waals surface area contributed by atoms with Crippen molar-refractivity contribution >= 4 is 17.8 Å². The predicted molar refractivity (Wildman–Crippen MR) is 64.2 cm³/mol. The lowest BCUT2D eigenvalue weighted by atomic mass is 9.99. The summed E-state index contributed by atoms with van der Waals surface area (Å²) in [5.74, 6) is -0.430. The minimum absolute atomic E-state index is 0.0872. The van der Waals surface area contributed by atoms with E-state index in [9.17, 15) is 14.4 Å². The molecule has 3 heterocycles. The van der Waals surface area contributed by atoms with Crippen LogP contribution >= 0.6 is 0 Å². The first-order valence-electron chi connectivity index (χ1n) is 6.52. The van der Waals surface area contributed by atoms with Crippen molar-refractivity contribution in [1.82, 2.24) is 15.5 Å². The minimum atomic E-state index is -0.943. The molecule has 3 aliphatic rings. The zero-order chi connectivity index (χ0) is 13.7. The van der Waals surface area contributed by atoms with Gasteiger partial charge >= 0.3 is 6.03 Å². The Hall–Kier alpha value is -1.63. The van der Waals surface area contributed by atoms with E-state index in [1.807, 2.05) is 0 Å². The van der Waals surface area contributed by atoms with E-state index in [1.54, 1.807) is 11.8 Å². The number of imide groups is 1. The molecule has 1 spiro atoms. The van der Waals surface area contributed by atoms with E-state index in [4.69, 9.17) is 4.74 Å². The number of amides is 4. The van der Waals surface area contributed by atoms with Crippen LogP contribution in [0.25, 0.3) is 0 Å². The molecular weight excluding hydrogens is 250 g/mol. The summed E-state index contributed by atoms with van der Waals surface area (Å²) in [5.41, 5.74) is -1.72. The summed E-state index contributed by atoms with van der Waals surface area (Å²) in [6, 6.07) is -0.484. The van der Waals surface area contributed by atoms with Gasteiger partial charge in [0.15, 0.2) is 0 Å². The Kier molecular flexibility index (Phi) is 2.57.